The van der Waals surface area contributed by atoms with E-state index in [0.717, 1.165) is 12.1 Å². The number of nitro groups is 1. The molecule has 9 nitrogen and oxygen atoms in total. The molecule has 1 aliphatic heterocycles. The van der Waals surface area contributed by atoms with Gasteiger partial charge >= 0.3 is 0 Å². The molecule has 3 aromatic rings. The van der Waals surface area contributed by atoms with Gasteiger partial charge in [-0.3, -0.25) is 24.6 Å². The minimum absolute atomic E-state index is 0.0672. The summed E-state index contributed by atoms with van der Waals surface area (Å²) in [6, 6.07) is 18.5. The number of benzene rings is 3. The second-order valence-electron chi connectivity index (χ2n) is 8.78. The molecule has 0 radical (unpaired) electrons. The zero-order chi connectivity index (χ0) is 26.7. The van der Waals surface area contributed by atoms with E-state index in [4.69, 9.17) is 4.74 Å². The quantitative estimate of drug-likeness (QED) is 0.151. The number of carbonyl (C=O) groups excluding carboxylic acids is 2. The zero-order valence-corrected chi connectivity index (χ0v) is 20.7. The second kappa shape index (κ2) is 10.5. The molecule has 1 fully saturated rings. The van der Waals surface area contributed by atoms with Crippen molar-refractivity contribution in [3.05, 3.63) is 99.6 Å². The maximum Gasteiger partial charge on any atom is 0.300 e. The van der Waals surface area contributed by atoms with Gasteiger partial charge in [0.1, 0.15) is 11.5 Å². The maximum atomic E-state index is 13.5. The lowest BCUT2D eigenvalue weighted by Crippen LogP contribution is -2.30. The normalized spacial score (nSPS) is 16.6. The first-order chi connectivity index (χ1) is 17.7. The van der Waals surface area contributed by atoms with Crippen LogP contribution in [0.3, 0.4) is 0 Å². The summed E-state index contributed by atoms with van der Waals surface area (Å²) in [5.74, 6) is -1.79. The van der Waals surface area contributed by atoms with Crippen molar-refractivity contribution in [1.29, 1.82) is 0 Å². The standard InChI is InChI=1S/C28H27N3O6/c1-4-16-37-23-11-6-5-10-22(23)30-25(18-12-14-20(15-13-18)29(2)3)24(27(33)28(30)34)26(32)19-8-7-9-21(17-19)31(35)36/h5-15,17,25,32H,4,16H2,1-3H3/b26-24-. The number of nitrogens with zero attached hydrogens (tertiary/aromatic N) is 3. The molecular weight excluding hydrogens is 474 g/mol. The predicted molar refractivity (Wildman–Crippen MR) is 141 cm³/mol. The molecule has 0 bridgehead atoms. The fourth-order valence-electron chi connectivity index (χ4n) is 4.26. The van der Waals surface area contributed by atoms with Crippen molar-refractivity contribution in [1.82, 2.24) is 0 Å². The van der Waals surface area contributed by atoms with Crippen molar-refractivity contribution in [3.8, 4) is 5.75 Å². The number of aliphatic hydroxyl groups excluding tert-OH is 1. The van der Waals surface area contributed by atoms with E-state index >= 15 is 0 Å². The summed E-state index contributed by atoms with van der Waals surface area (Å²) < 4.78 is 5.87. The number of ether oxygens (including phenoxy) is 1. The minimum Gasteiger partial charge on any atom is -0.507 e. The third-order valence-electron chi connectivity index (χ3n) is 6.09. The molecule has 0 saturated carbocycles. The molecule has 1 atom stereocenters. The molecule has 9 heteroatoms. The van der Waals surface area contributed by atoms with Crippen LogP contribution in [0.1, 0.15) is 30.5 Å². The summed E-state index contributed by atoms with van der Waals surface area (Å²) in [4.78, 5) is 40.8. The molecular formula is C28H27N3O6. The van der Waals surface area contributed by atoms with Gasteiger partial charge in [0.15, 0.2) is 0 Å². The van der Waals surface area contributed by atoms with E-state index in [1.165, 1.54) is 29.2 Å². The lowest BCUT2D eigenvalue weighted by atomic mass is 9.94. The molecule has 1 N–H and O–H groups in total. The fraction of sp³-hybridized carbons (Fsp3) is 0.214. The molecule has 1 amide bonds. The van der Waals surface area contributed by atoms with E-state index in [2.05, 4.69) is 0 Å². The molecule has 3 aromatic carbocycles. The number of hydrogen-bond donors (Lipinski definition) is 1. The van der Waals surface area contributed by atoms with Crippen molar-refractivity contribution >= 4 is 34.5 Å². The van der Waals surface area contributed by atoms with Gasteiger partial charge in [0, 0.05) is 37.5 Å². The van der Waals surface area contributed by atoms with Crippen molar-refractivity contribution in [2.24, 2.45) is 0 Å². The number of anilines is 2. The van der Waals surface area contributed by atoms with Crippen molar-refractivity contribution in [2.45, 2.75) is 19.4 Å². The Labute approximate surface area is 214 Å². The highest BCUT2D eigenvalue weighted by Gasteiger charge is 2.47. The number of rotatable bonds is 8. The maximum absolute atomic E-state index is 13.5. The Morgan fingerprint density at radius 1 is 1.05 bits per heavy atom. The Balaban J connectivity index is 1.94. The van der Waals surface area contributed by atoms with Crippen LogP contribution in [0.2, 0.25) is 0 Å². The van der Waals surface area contributed by atoms with Crippen LogP contribution < -0.4 is 14.5 Å². The van der Waals surface area contributed by atoms with Gasteiger partial charge in [-0.25, -0.2) is 0 Å². The van der Waals surface area contributed by atoms with Gasteiger partial charge in [-0.1, -0.05) is 43.3 Å². The average Bonchev–Trinajstić information content (AvgIpc) is 3.17. The van der Waals surface area contributed by atoms with Gasteiger partial charge in [0.05, 0.1) is 28.8 Å². The largest absolute Gasteiger partial charge is 0.507 e. The smallest absolute Gasteiger partial charge is 0.300 e. The first kappa shape index (κ1) is 25.4. The second-order valence-corrected chi connectivity index (χ2v) is 8.78. The molecule has 190 valence electrons. The molecule has 0 aromatic heterocycles. The number of nitro benzene ring substituents is 1. The highest BCUT2D eigenvalue weighted by molar-refractivity contribution is 6.52. The first-order valence-corrected chi connectivity index (χ1v) is 11.8. The van der Waals surface area contributed by atoms with Gasteiger partial charge in [0.25, 0.3) is 17.4 Å². The summed E-state index contributed by atoms with van der Waals surface area (Å²) in [7, 11) is 3.79. The molecule has 1 unspecified atom stereocenters. The summed E-state index contributed by atoms with van der Waals surface area (Å²) >= 11 is 0. The van der Waals surface area contributed by atoms with E-state index < -0.39 is 28.4 Å². The van der Waals surface area contributed by atoms with Crippen LogP contribution in [0.4, 0.5) is 17.1 Å². The van der Waals surface area contributed by atoms with E-state index in [1.807, 2.05) is 38.1 Å². The SMILES string of the molecule is CCCOc1ccccc1N1C(=O)C(=O)/C(=C(\O)c2cccc([N+](=O)[O-])c2)C1c1ccc(N(C)C)cc1. The van der Waals surface area contributed by atoms with Crippen molar-refractivity contribution in [2.75, 3.05) is 30.5 Å². The van der Waals surface area contributed by atoms with Crippen LogP contribution in [-0.4, -0.2) is 42.4 Å². The van der Waals surface area contributed by atoms with E-state index in [9.17, 15) is 24.8 Å². The monoisotopic (exact) mass is 501 g/mol. The Bertz CT molecular complexity index is 1380. The number of para-hydroxylation sites is 2. The van der Waals surface area contributed by atoms with Gasteiger partial charge < -0.3 is 14.7 Å². The van der Waals surface area contributed by atoms with Crippen LogP contribution >= 0.6 is 0 Å². The van der Waals surface area contributed by atoms with E-state index in [-0.39, 0.29) is 16.8 Å². The number of amides is 1. The molecule has 0 aliphatic carbocycles. The molecule has 1 saturated heterocycles. The van der Waals surface area contributed by atoms with E-state index in [1.54, 1.807) is 36.4 Å². The Kier molecular flexibility index (Phi) is 7.24. The van der Waals surface area contributed by atoms with Gasteiger partial charge in [0.2, 0.25) is 0 Å². The highest BCUT2D eigenvalue weighted by Crippen LogP contribution is 2.45. The number of carbonyl (C=O) groups is 2. The summed E-state index contributed by atoms with van der Waals surface area (Å²) in [6.45, 7) is 2.37. The fourth-order valence-corrected chi connectivity index (χ4v) is 4.26. The minimum atomic E-state index is -0.984. The van der Waals surface area contributed by atoms with Crippen LogP contribution in [0.15, 0.2) is 78.4 Å². The van der Waals surface area contributed by atoms with Crippen LogP contribution in [0.5, 0.6) is 5.75 Å². The number of hydrogen-bond acceptors (Lipinski definition) is 7. The third kappa shape index (κ3) is 4.88. The van der Waals surface area contributed by atoms with Gasteiger partial charge in [-0.05, 0) is 36.2 Å². The van der Waals surface area contributed by atoms with Gasteiger partial charge in [-0.15, -0.1) is 0 Å². The number of Topliss-reactive ketones (excluding diaryl/α,β-unsaturated/α-hetero) is 1. The van der Waals surface area contributed by atoms with Crippen molar-refractivity contribution < 1.29 is 24.4 Å². The number of ketones is 1. The van der Waals surface area contributed by atoms with E-state index in [0.29, 0.717) is 23.6 Å². The zero-order valence-electron chi connectivity index (χ0n) is 20.7. The lowest BCUT2D eigenvalue weighted by molar-refractivity contribution is -0.384. The topological polar surface area (TPSA) is 113 Å². The predicted octanol–water partition coefficient (Wildman–Crippen LogP) is 5.08. The average molecular weight is 502 g/mol. The number of non-ortho nitro benzene ring substituents is 1. The lowest BCUT2D eigenvalue weighted by Gasteiger charge is -2.27. The van der Waals surface area contributed by atoms with Crippen molar-refractivity contribution in [3.63, 3.8) is 0 Å². The third-order valence-corrected chi connectivity index (χ3v) is 6.09. The molecule has 4 rings (SSSR count). The molecule has 1 aliphatic rings. The first-order valence-electron chi connectivity index (χ1n) is 11.8. The van der Waals surface area contributed by atoms with Crippen LogP contribution in [0, 0.1) is 10.1 Å². The van der Waals surface area contributed by atoms with Gasteiger partial charge in [-0.2, -0.15) is 0 Å². The van der Waals surface area contributed by atoms with Crippen LogP contribution in [0.25, 0.3) is 5.76 Å². The highest BCUT2D eigenvalue weighted by atomic mass is 16.6. The molecule has 0 spiro atoms. The molecule has 37 heavy (non-hydrogen) atoms. The Morgan fingerprint density at radius 2 is 1.76 bits per heavy atom. The Hall–Kier alpha value is -4.66. The van der Waals surface area contributed by atoms with Crippen LogP contribution in [-0.2, 0) is 9.59 Å². The summed E-state index contributed by atoms with van der Waals surface area (Å²) in [6.07, 6.45) is 0.745. The summed E-state index contributed by atoms with van der Waals surface area (Å²) in [5, 5.41) is 22.6. The Morgan fingerprint density at radius 3 is 2.41 bits per heavy atom. The summed E-state index contributed by atoms with van der Waals surface area (Å²) in [5.41, 5.74) is 1.54. The molecule has 1 heterocycles. The number of aliphatic hydroxyl groups is 1.